The number of halogens is 2. The van der Waals surface area contributed by atoms with E-state index in [-0.39, 0.29) is 57.9 Å². The van der Waals surface area contributed by atoms with Crippen molar-refractivity contribution in [2.24, 2.45) is 0 Å². The summed E-state index contributed by atoms with van der Waals surface area (Å²) in [6.45, 7) is 11.4. The molecule has 0 bridgehead atoms. The van der Waals surface area contributed by atoms with Crippen molar-refractivity contribution in [3.63, 3.8) is 0 Å². The van der Waals surface area contributed by atoms with Crippen molar-refractivity contribution in [2.45, 2.75) is 39.5 Å². The Morgan fingerprint density at radius 3 is 0.909 bits per heavy atom. The van der Waals surface area contributed by atoms with Gasteiger partial charge in [-0.1, -0.05) is 53.4 Å². The van der Waals surface area contributed by atoms with Crippen molar-refractivity contribution in [3.05, 3.63) is 13.8 Å². The van der Waals surface area contributed by atoms with Gasteiger partial charge in [0, 0.05) is 0 Å². The van der Waals surface area contributed by atoms with Gasteiger partial charge >= 0.3 is 23.9 Å². The molecule has 0 amide bonds. The first kappa shape index (κ1) is 29.3. The van der Waals surface area contributed by atoms with E-state index < -0.39 is 0 Å². The maximum Gasteiger partial charge on any atom is 2.00 e. The van der Waals surface area contributed by atoms with Crippen LogP contribution in [0.2, 0.25) is 0 Å². The van der Waals surface area contributed by atoms with E-state index in [4.69, 9.17) is 0 Å². The average Bonchev–Trinajstić information content (AvgIpc) is 1.88. The number of hydrogen-bond donors (Lipinski definition) is 0. The minimum absolute atomic E-state index is 0. The zero-order chi connectivity index (χ0) is 6.83. The third-order valence-electron chi connectivity index (χ3n) is 0.707. The largest absolute Gasteiger partial charge is 2.00 e. The third kappa shape index (κ3) is 79.3. The maximum atomic E-state index is 3.60. The molecule has 0 aliphatic heterocycles. The molecule has 0 atom stereocenters. The van der Waals surface area contributed by atoms with Crippen molar-refractivity contribution in [2.75, 3.05) is 0 Å². The van der Waals surface area contributed by atoms with Crippen molar-refractivity contribution in [1.82, 2.24) is 0 Å². The van der Waals surface area contributed by atoms with E-state index in [2.05, 4.69) is 27.7 Å². The van der Waals surface area contributed by atoms with E-state index in [1.54, 1.807) is 0 Å². The van der Waals surface area contributed by atoms with E-state index in [0.29, 0.717) is 0 Å². The minimum Gasteiger partial charge on any atom is -1.00 e. The maximum absolute atomic E-state index is 3.60. The molecule has 0 aromatic rings. The standard InChI is InChI=1S/2C4H9.2BrH.Sn/c2*1-3-4-2;;;/h2*1,3-4H2,2H3;2*1H;/q;;;;+2/p-2. The Kier molecular flexibility index (Phi) is 109. The van der Waals surface area contributed by atoms with Gasteiger partial charge in [0.25, 0.3) is 0 Å². The van der Waals surface area contributed by atoms with Crippen LogP contribution in [0, 0.1) is 13.8 Å². The molecule has 0 rings (SSSR count). The predicted octanol–water partition coefficient (Wildman–Crippen LogP) is -3.13. The molecule has 0 aliphatic carbocycles. The molecule has 0 saturated heterocycles. The van der Waals surface area contributed by atoms with Crippen LogP contribution in [0.1, 0.15) is 39.5 Å². The van der Waals surface area contributed by atoms with Crippen molar-refractivity contribution in [1.29, 1.82) is 0 Å². The smallest absolute Gasteiger partial charge is 1.00 e. The monoisotopic (exact) mass is 392 g/mol. The summed E-state index contributed by atoms with van der Waals surface area (Å²) in [5.41, 5.74) is 0. The SMILES string of the molecule is [Br-].[Br-].[CH2]CCC.[CH2]CCC.[Sn+2]. The van der Waals surface area contributed by atoms with E-state index in [1.807, 2.05) is 0 Å². The van der Waals surface area contributed by atoms with E-state index in [9.17, 15) is 0 Å². The molecule has 0 N–H and O–H groups in total. The average molecular weight is 393 g/mol. The predicted molar refractivity (Wildman–Crippen MR) is 46.3 cm³/mol. The molecule has 0 aromatic heterocycles. The fraction of sp³-hybridized carbons (Fsp3) is 0.750. The van der Waals surface area contributed by atoms with Crippen molar-refractivity contribution < 1.29 is 34.0 Å². The first-order chi connectivity index (χ1) is 3.83. The Hall–Kier alpha value is 1.76. The van der Waals surface area contributed by atoms with Gasteiger partial charge in [-0.25, -0.2) is 0 Å². The second-order valence-corrected chi connectivity index (χ2v) is 1.71. The molecule has 0 spiro atoms. The molecule has 68 valence electrons. The van der Waals surface area contributed by atoms with Crippen LogP contribution >= 0.6 is 0 Å². The number of hydrogen-bond acceptors (Lipinski definition) is 0. The summed E-state index contributed by atoms with van der Waals surface area (Å²) < 4.78 is 0. The number of unbranched alkanes of at least 4 members (excludes halogenated alkanes) is 2. The van der Waals surface area contributed by atoms with Crippen molar-refractivity contribution >= 4 is 23.9 Å². The fourth-order valence-corrected chi connectivity index (χ4v) is 0. The molecular formula is C8H18Br2Sn. The van der Waals surface area contributed by atoms with Crippen LogP contribution in [0.25, 0.3) is 0 Å². The van der Waals surface area contributed by atoms with Crippen LogP contribution in [0.4, 0.5) is 0 Å². The van der Waals surface area contributed by atoms with E-state index >= 15 is 0 Å². The summed E-state index contributed by atoms with van der Waals surface area (Å²) >= 11 is 0. The normalized spacial score (nSPS) is 5.45. The summed E-state index contributed by atoms with van der Waals surface area (Å²) in [5, 5.41) is 0. The Morgan fingerprint density at radius 1 is 0.818 bits per heavy atom. The van der Waals surface area contributed by atoms with Crippen LogP contribution in [0.3, 0.4) is 0 Å². The third-order valence-corrected chi connectivity index (χ3v) is 0.707. The van der Waals surface area contributed by atoms with Gasteiger partial charge in [0.2, 0.25) is 0 Å². The summed E-state index contributed by atoms with van der Waals surface area (Å²) in [5.74, 6) is 0. The van der Waals surface area contributed by atoms with Gasteiger partial charge in [-0.15, -0.1) is 0 Å². The molecule has 0 aliphatic rings. The minimum atomic E-state index is 0. The number of rotatable bonds is 2. The van der Waals surface area contributed by atoms with Gasteiger partial charge in [-0.2, -0.15) is 0 Å². The van der Waals surface area contributed by atoms with Crippen LogP contribution in [0.5, 0.6) is 0 Å². The quantitative estimate of drug-likeness (QED) is 0.436. The van der Waals surface area contributed by atoms with E-state index in [0.717, 1.165) is 12.8 Å². The van der Waals surface area contributed by atoms with Gasteiger partial charge in [0.15, 0.2) is 0 Å². The van der Waals surface area contributed by atoms with Crippen LogP contribution in [-0.4, -0.2) is 23.9 Å². The van der Waals surface area contributed by atoms with Crippen LogP contribution < -0.4 is 34.0 Å². The van der Waals surface area contributed by atoms with Gasteiger partial charge in [-0.05, 0) is 0 Å². The molecule has 11 heavy (non-hydrogen) atoms. The summed E-state index contributed by atoms with van der Waals surface area (Å²) in [4.78, 5) is 0. The first-order valence-electron chi connectivity index (χ1n) is 3.41. The van der Waals surface area contributed by atoms with Gasteiger partial charge in [-0.3, -0.25) is 0 Å². The van der Waals surface area contributed by atoms with Crippen molar-refractivity contribution in [3.8, 4) is 0 Å². The molecule has 0 unspecified atom stereocenters. The van der Waals surface area contributed by atoms with E-state index in [1.165, 1.54) is 12.8 Å². The Morgan fingerprint density at radius 2 is 0.909 bits per heavy atom. The van der Waals surface area contributed by atoms with Gasteiger partial charge < -0.3 is 34.0 Å². The second-order valence-electron chi connectivity index (χ2n) is 1.71. The molecular weight excluding hydrogens is 375 g/mol. The Labute approximate surface area is 110 Å². The summed E-state index contributed by atoms with van der Waals surface area (Å²) in [6.07, 6.45) is 4.56. The van der Waals surface area contributed by atoms with Crippen LogP contribution in [-0.2, 0) is 0 Å². The first-order valence-corrected chi connectivity index (χ1v) is 3.41. The molecule has 0 heterocycles. The zero-order valence-corrected chi connectivity index (χ0v) is 13.5. The second kappa shape index (κ2) is 41.0. The van der Waals surface area contributed by atoms with Crippen LogP contribution in [0.15, 0.2) is 0 Å². The van der Waals surface area contributed by atoms with Gasteiger partial charge in [0.05, 0.1) is 0 Å². The fourth-order valence-electron chi connectivity index (χ4n) is 0. The summed E-state index contributed by atoms with van der Waals surface area (Å²) in [7, 11) is 0. The van der Waals surface area contributed by atoms with Gasteiger partial charge in [0.1, 0.15) is 0 Å². The molecule has 4 radical (unpaired) electrons. The summed E-state index contributed by atoms with van der Waals surface area (Å²) in [6, 6.07) is 0. The molecule has 0 fully saturated rings. The Bertz CT molecular complexity index is 20.1. The molecule has 0 saturated carbocycles. The molecule has 3 heteroatoms. The zero-order valence-electron chi connectivity index (χ0n) is 7.50. The topological polar surface area (TPSA) is 0 Å². The molecule has 0 aromatic carbocycles. The Balaban J connectivity index is -0.0000000171. The molecule has 0 nitrogen and oxygen atoms in total.